The van der Waals surface area contributed by atoms with E-state index in [2.05, 4.69) is 22.3 Å². The number of hydrogen-bond acceptors (Lipinski definition) is 5. The Labute approximate surface area is 157 Å². The van der Waals surface area contributed by atoms with E-state index in [4.69, 9.17) is 9.26 Å². The van der Waals surface area contributed by atoms with Gasteiger partial charge in [0.15, 0.2) is 0 Å². The first-order valence-electron chi connectivity index (χ1n) is 9.04. The summed E-state index contributed by atoms with van der Waals surface area (Å²) >= 11 is 0. The quantitative estimate of drug-likeness (QED) is 0.696. The molecule has 0 fully saturated rings. The molecule has 0 atom stereocenters. The number of carbonyl (C=O) groups excluding carboxylic acids is 1. The molecule has 2 heterocycles. The number of aryl methyl sites for hydroxylation is 1. The zero-order valence-corrected chi connectivity index (χ0v) is 15.2. The van der Waals surface area contributed by atoms with Crippen molar-refractivity contribution >= 4 is 5.91 Å². The van der Waals surface area contributed by atoms with Gasteiger partial charge in [0.1, 0.15) is 5.75 Å². The SMILES string of the molecule is COc1cccc(-c2noc(CCC(=O)N3CCc4ccccc4C3)n2)c1. The molecule has 1 aliphatic heterocycles. The molecule has 1 aromatic heterocycles. The fourth-order valence-corrected chi connectivity index (χ4v) is 3.32. The Hall–Kier alpha value is -3.15. The fraction of sp³-hybridized carbons (Fsp3) is 0.286. The molecule has 0 radical (unpaired) electrons. The molecule has 2 aromatic carbocycles. The summed E-state index contributed by atoms with van der Waals surface area (Å²) in [5, 5.41) is 4.02. The first-order valence-corrected chi connectivity index (χ1v) is 9.04. The van der Waals surface area contributed by atoms with E-state index < -0.39 is 0 Å². The molecule has 138 valence electrons. The van der Waals surface area contributed by atoms with Gasteiger partial charge in [-0.25, -0.2) is 0 Å². The minimum absolute atomic E-state index is 0.116. The van der Waals surface area contributed by atoms with Gasteiger partial charge in [-0.1, -0.05) is 41.6 Å². The van der Waals surface area contributed by atoms with Crippen LogP contribution >= 0.6 is 0 Å². The van der Waals surface area contributed by atoms with Crippen LogP contribution < -0.4 is 4.74 Å². The second-order valence-electron chi connectivity index (χ2n) is 6.58. The van der Waals surface area contributed by atoms with Crippen molar-refractivity contribution in [3.05, 3.63) is 65.5 Å². The van der Waals surface area contributed by atoms with Gasteiger partial charge in [0.25, 0.3) is 0 Å². The smallest absolute Gasteiger partial charge is 0.227 e. The van der Waals surface area contributed by atoms with E-state index in [0.717, 1.165) is 24.3 Å². The van der Waals surface area contributed by atoms with Crippen LogP contribution in [0.2, 0.25) is 0 Å². The predicted octanol–water partition coefficient (Wildman–Crippen LogP) is 3.26. The van der Waals surface area contributed by atoms with E-state index in [1.807, 2.05) is 41.3 Å². The summed E-state index contributed by atoms with van der Waals surface area (Å²) in [4.78, 5) is 18.9. The highest BCUT2D eigenvalue weighted by molar-refractivity contribution is 5.76. The van der Waals surface area contributed by atoms with E-state index in [1.165, 1.54) is 11.1 Å². The topological polar surface area (TPSA) is 68.5 Å². The van der Waals surface area contributed by atoms with E-state index in [1.54, 1.807) is 7.11 Å². The third-order valence-electron chi connectivity index (χ3n) is 4.83. The highest BCUT2D eigenvalue weighted by Crippen LogP contribution is 2.22. The minimum Gasteiger partial charge on any atom is -0.497 e. The molecular formula is C21H21N3O3. The van der Waals surface area contributed by atoms with Crippen LogP contribution in [0.5, 0.6) is 5.75 Å². The highest BCUT2D eigenvalue weighted by atomic mass is 16.5. The molecular weight excluding hydrogens is 342 g/mol. The lowest BCUT2D eigenvalue weighted by atomic mass is 9.99. The molecule has 0 saturated carbocycles. The summed E-state index contributed by atoms with van der Waals surface area (Å²) in [6.07, 6.45) is 1.71. The van der Waals surface area contributed by atoms with Gasteiger partial charge in [-0.3, -0.25) is 4.79 Å². The minimum atomic E-state index is 0.116. The number of fused-ring (bicyclic) bond motifs is 1. The Morgan fingerprint density at radius 2 is 2.04 bits per heavy atom. The Kier molecular flexibility index (Phi) is 4.87. The molecule has 0 aliphatic carbocycles. The largest absolute Gasteiger partial charge is 0.497 e. The van der Waals surface area contributed by atoms with Gasteiger partial charge >= 0.3 is 0 Å². The molecule has 0 spiro atoms. The van der Waals surface area contributed by atoms with Crippen molar-refractivity contribution in [1.29, 1.82) is 0 Å². The molecule has 3 aromatic rings. The Morgan fingerprint density at radius 1 is 1.19 bits per heavy atom. The Balaban J connectivity index is 1.37. The van der Waals surface area contributed by atoms with Crippen molar-refractivity contribution in [3.63, 3.8) is 0 Å². The van der Waals surface area contributed by atoms with Crippen LogP contribution in [-0.2, 0) is 24.2 Å². The number of nitrogens with zero attached hydrogens (tertiary/aromatic N) is 3. The molecule has 0 saturated heterocycles. The van der Waals surface area contributed by atoms with Crippen LogP contribution in [0, 0.1) is 0 Å². The molecule has 27 heavy (non-hydrogen) atoms. The van der Waals surface area contributed by atoms with Gasteiger partial charge in [0, 0.05) is 31.5 Å². The zero-order valence-electron chi connectivity index (χ0n) is 15.2. The highest BCUT2D eigenvalue weighted by Gasteiger charge is 2.21. The summed E-state index contributed by atoms with van der Waals surface area (Å²) in [5.74, 6) is 1.83. The summed E-state index contributed by atoms with van der Waals surface area (Å²) < 4.78 is 10.5. The summed E-state index contributed by atoms with van der Waals surface area (Å²) in [7, 11) is 1.62. The summed E-state index contributed by atoms with van der Waals surface area (Å²) in [6.45, 7) is 1.43. The van der Waals surface area contributed by atoms with Crippen LogP contribution in [0.3, 0.4) is 0 Å². The van der Waals surface area contributed by atoms with Crippen LogP contribution in [0.1, 0.15) is 23.4 Å². The number of benzene rings is 2. The van der Waals surface area contributed by atoms with Gasteiger partial charge in [-0.15, -0.1) is 0 Å². The first-order chi connectivity index (χ1) is 13.2. The van der Waals surface area contributed by atoms with Gasteiger partial charge in [-0.2, -0.15) is 4.98 Å². The van der Waals surface area contributed by atoms with Crippen molar-refractivity contribution < 1.29 is 14.1 Å². The lowest BCUT2D eigenvalue weighted by Gasteiger charge is -2.28. The van der Waals surface area contributed by atoms with Gasteiger partial charge in [-0.05, 0) is 29.7 Å². The number of aromatic nitrogens is 2. The summed E-state index contributed by atoms with van der Waals surface area (Å²) in [6, 6.07) is 15.8. The number of carbonyl (C=O) groups is 1. The van der Waals surface area contributed by atoms with Crippen molar-refractivity contribution in [1.82, 2.24) is 15.0 Å². The maximum Gasteiger partial charge on any atom is 0.227 e. The van der Waals surface area contributed by atoms with E-state index in [0.29, 0.717) is 31.1 Å². The standard InChI is InChI=1S/C21H21N3O3/c1-26-18-8-4-7-16(13-18)21-22-19(27-23-21)9-10-20(25)24-12-11-15-5-2-3-6-17(15)14-24/h2-8,13H,9-12,14H2,1H3. The van der Waals surface area contributed by atoms with Gasteiger partial charge < -0.3 is 14.2 Å². The van der Waals surface area contributed by atoms with Crippen LogP contribution in [-0.4, -0.2) is 34.6 Å². The zero-order chi connectivity index (χ0) is 18.6. The average molecular weight is 363 g/mol. The lowest BCUT2D eigenvalue weighted by Crippen LogP contribution is -2.36. The third kappa shape index (κ3) is 3.84. The molecule has 0 unspecified atom stereocenters. The maximum absolute atomic E-state index is 12.6. The average Bonchev–Trinajstić information content (AvgIpc) is 3.21. The number of ether oxygens (including phenoxy) is 1. The molecule has 6 heteroatoms. The normalized spacial score (nSPS) is 13.3. The third-order valence-corrected chi connectivity index (χ3v) is 4.83. The van der Waals surface area contributed by atoms with E-state index >= 15 is 0 Å². The fourth-order valence-electron chi connectivity index (χ4n) is 3.32. The molecule has 0 bridgehead atoms. The molecule has 1 amide bonds. The number of rotatable bonds is 5. The Bertz CT molecular complexity index is 951. The second kappa shape index (κ2) is 7.61. The van der Waals surface area contributed by atoms with Crippen molar-refractivity contribution in [2.45, 2.75) is 25.8 Å². The van der Waals surface area contributed by atoms with Gasteiger partial charge in [0.2, 0.25) is 17.6 Å². The maximum atomic E-state index is 12.6. The van der Waals surface area contributed by atoms with E-state index in [9.17, 15) is 4.79 Å². The van der Waals surface area contributed by atoms with Crippen LogP contribution in [0.15, 0.2) is 53.1 Å². The van der Waals surface area contributed by atoms with Crippen molar-refractivity contribution in [3.8, 4) is 17.1 Å². The molecule has 0 N–H and O–H groups in total. The molecule has 6 nitrogen and oxygen atoms in total. The first kappa shape index (κ1) is 17.3. The monoisotopic (exact) mass is 363 g/mol. The van der Waals surface area contributed by atoms with Crippen molar-refractivity contribution in [2.24, 2.45) is 0 Å². The summed E-state index contributed by atoms with van der Waals surface area (Å²) in [5.41, 5.74) is 3.39. The van der Waals surface area contributed by atoms with Gasteiger partial charge in [0.05, 0.1) is 7.11 Å². The van der Waals surface area contributed by atoms with E-state index in [-0.39, 0.29) is 5.91 Å². The Morgan fingerprint density at radius 3 is 2.89 bits per heavy atom. The van der Waals surface area contributed by atoms with Crippen LogP contribution in [0.25, 0.3) is 11.4 Å². The van der Waals surface area contributed by atoms with Crippen molar-refractivity contribution in [2.75, 3.05) is 13.7 Å². The number of hydrogen-bond donors (Lipinski definition) is 0. The predicted molar refractivity (Wildman–Crippen MR) is 100 cm³/mol. The number of methoxy groups -OCH3 is 1. The molecule has 1 aliphatic rings. The molecule has 4 rings (SSSR count). The van der Waals surface area contributed by atoms with Crippen LogP contribution in [0.4, 0.5) is 0 Å². The lowest BCUT2D eigenvalue weighted by molar-refractivity contribution is -0.132. The second-order valence-corrected chi connectivity index (χ2v) is 6.58. The number of amides is 1.